The number of nitrogens with zero attached hydrogens (tertiary/aromatic N) is 1. The number of nitrogens with one attached hydrogen (secondary N) is 1. The Balaban J connectivity index is 1.58. The van der Waals surface area contributed by atoms with Crippen LogP contribution in [0.2, 0.25) is 0 Å². The van der Waals surface area contributed by atoms with Crippen molar-refractivity contribution >= 4 is 11.6 Å². The molecule has 0 saturated carbocycles. The van der Waals surface area contributed by atoms with Gasteiger partial charge in [-0.15, -0.1) is 0 Å². The summed E-state index contributed by atoms with van der Waals surface area (Å²) in [5, 5.41) is 2.79. The van der Waals surface area contributed by atoms with Gasteiger partial charge >= 0.3 is 0 Å². The molecular formula is C21H19FN2O3. The van der Waals surface area contributed by atoms with Gasteiger partial charge in [0.2, 0.25) is 5.91 Å². The van der Waals surface area contributed by atoms with E-state index in [2.05, 4.69) is 10.3 Å². The summed E-state index contributed by atoms with van der Waals surface area (Å²) in [5.41, 5.74) is 2.13. The van der Waals surface area contributed by atoms with Gasteiger partial charge in [-0.3, -0.25) is 9.78 Å². The molecule has 1 aromatic heterocycles. The van der Waals surface area contributed by atoms with E-state index in [0.29, 0.717) is 23.6 Å². The van der Waals surface area contributed by atoms with E-state index in [1.807, 2.05) is 18.2 Å². The summed E-state index contributed by atoms with van der Waals surface area (Å²) in [6, 6.07) is 15.3. The van der Waals surface area contributed by atoms with Crippen molar-refractivity contribution in [3.8, 4) is 11.5 Å². The standard InChI is InChI=1S/C21H19FN2O3/c1-26-20-8-7-15(10-19(20)22)11-21(25)24-17-5-2-6-18(12-17)27-14-16-4-3-9-23-13-16/h2-10,12-13H,11,14H2,1H3,(H,24,25). The maximum atomic E-state index is 13.7. The number of rotatable bonds is 7. The van der Waals surface area contributed by atoms with E-state index in [-0.39, 0.29) is 18.1 Å². The van der Waals surface area contributed by atoms with E-state index in [4.69, 9.17) is 9.47 Å². The molecule has 0 aliphatic carbocycles. The maximum Gasteiger partial charge on any atom is 0.228 e. The number of methoxy groups -OCH3 is 1. The molecule has 3 rings (SSSR count). The second kappa shape index (κ2) is 8.80. The van der Waals surface area contributed by atoms with Crippen molar-refractivity contribution in [2.75, 3.05) is 12.4 Å². The molecule has 1 N–H and O–H groups in total. The largest absolute Gasteiger partial charge is 0.494 e. The third-order valence-electron chi connectivity index (χ3n) is 3.83. The van der Waals surface area contributed by atoms with Crippen LogP contribution in [-0.4, -0.2) is 18.0 Å². The molecule has 0 bridgehead atoms. The van der Waals surface area contributed by atoms with E-state index in [1.165, 1.54) is 19.2 Å². The van der Waals surface area contributed by atoms with Crippen LogP contribution in [0.25, 0.3) is 0 Å². The number of carbonyl (C=O) groups excluding carboxylic acids is 1. The summed E-state index contributed by atoms with van der Waals surface area (Å²) in [6.45, 7) is 0.385. The Morgan fingerprint density at radius 3 is 2.74 bits per heavy atom. The van der Waals surface area contributed by atoms with Crippen LogP contribution in [0.5, 0.6) is 11.5 Å². The zero-order valence-electron chi connectivity index (χ0n) is 14.8. The van der Waals surface area contributed by atoms with Crippen molar-refractivity contribution in [1.82, 2.24) is 4.98 Å². The summed E-state index contributed by atoms with van der Waals surface area (Å²) >= 11 is 0. The van der Waals surface area contributed by atoms with E-state index >= 15 is 0 Å². The van der Waals surface area contributed by atoms with E-state index in [0.717, 1.165) is 5.56 Å². The number of amides is 1. The maximum absolute atomic E-state index is 13.7. The van der Waals surface area contributed by atoms with Crippen molar-refractivity contribution in [2.24, 2.45) is 0 Å². The van der Waals surface area contributed by atoms with Crippen LogP contribution in [0.1, 0.15) is 11.1 Å². The number of anilines is 1. The molecule has 2 aromatic carbocycles. The Hall–Kier alpha value is -3.41. The molecule has 0 radical (unpaired) electrons. The molecule has 0 spiro atoms. The van der Waals surface area contributed by atoms with Gasteiger partial charge in [0.05, 0.1) is 13.5 Å². The van der Waals surface area contributed by atoms with Gasteiger partial charge < -0.3 is 14.8 Å². The minimum atomic E-state index is -0.492. The second-order valence-corrected chi connectivity index (χ2v) is 5.87. The fourth-order valence-corrected chi connectivity index (χ4v) is 2.52. The predicted octanol–water partition coefficient (Wildman–Crippen LogP) is 3.99. The molecule has 0 fully saturated rings. The first-order valence-corrected chi connectivity index (χ1v) is 8.38. The normalized spacial score (nSPS) is 10.3. The fraction of sp³-hybridized carbons (Fsp3) is 0.143. The number of pyridine rings is 1. The lowest BCUT2D eigenvalue weighted by Gasteiger charge is -2.10. The summed E-state index contributed by atoms with van der Waals surface area (Å²) in [5.74, 6) is 0.0438. The number of ether oxygens (including phenoxy) is 2. The Morgan fingerprint density at radius 2 is 2.00 bits per heavy atom. The number of benzene rings is 2. The van der Waals surface area contributed by atoms with Gasteiger partial charge in [-0.25, -0.2) is 4.39 Å². The Kier molecular flexibility index (Phi) is 5.99. The second-order valence-electron chi connectivity index (χ2n) is 5.87. The molecule has 6 heteroatoms. The first-order valence-electron chi connectivity index (χ1n) is 8.38. The number of halogens is 1. The first kappa shape index (κ1) is 18.4. The molecule has 0 unspecified atom stereocenters. The molecule has 5 nitrogen and oxygen atoms in total. The quantitative estimate of drug-likeness (QED) is 0.687. The lowest BCUT2D eigenvalue weighted by molar-refractivity contribution is -0.115. The van der Waals surface area contributed by atoms with Gasteiger partial charge in [0, 0.05) is 29.7 Å². The SMILES string of the molecule is COc1ccc(CC(=O)Nc2cccc(OCc3cccnc3)c2)cc1F. The molecule has 3 aromatic rings. The summed E-state index contributed by atoms with van der Waals surface area (Å²) in [4.78, 5) is 16.3. The summed E-state index contributed by atoms with van der Waals surface area (Å²) in [6.07, 6.45) is 3.50. The Morgan fingerprint density at radius 1 is 1.11 bits per heavy atom. The van der Waals surface area contributed by atoms with Gasteiger partial charge in [-0.05, 0) is 35.9 Å². The number of hydrogen-bond acceptors (Lipinski definition) is 4. The van der Waals surface area contributed by atoms with Crippen molar-refractivity contribution in [3.63, 3.8) is 0 Å². The lowest BCUT2D eigenvalue weighted by atomic mass is 10.1. The van der Waals surface area contributed by atoms with Crippen molar-refractivity contribution in [1.29, 1.82) is 0 Å². The molecule has 0 atom stereocenters. The highest BCUT2D eigenvalue weighted by Gasteiger charge is 2.09. The number of aromatic nitrogens is 1. The number of carbonyl (C=O) groups is 1. The zero-order chi connectivity index (χ0) is 19.1. The fourth-order valence-electron chi connectivity index (χ4n) is 2.52. The molecule has 27 heavy (non-hydrogen) atoms. The van der Waals surface area contributed by atoms with Gasteiger partial charge in [0.25, 0.3) is 0 Å². The third-order valence-corrected chi connectivity index (χ3v) is 3.83. The smallest absolute Gasteiger partial charge is 0.228 e. The van der Waals surface area contributed by atoms with Crippen LogP contribution in [0.4, 0.5) is 10.1 Å². The van der Waals surface area contributed by atoms with Crippen LogP contribution in [0, 0.1) is 5.82 Å². The average molecular weight is 366 g/mol. The minimum absolute atomic E-state index is 0.0572. The predicted molar refractivity (Wildman–Crippen MR) is 100 cm³/mol. The van der Waals surface area contributed by atoms with Crippen LogP contribution < -0.4 is 14.8 Å². The van der Waals surface area contributed by atoms with Crippen molar-refractivity contribution < 1.29 is 18.7 Å². The van der Waals surface area contributed by atoms with Crippen LogP contribution in [0.3, 0.4) is 0 Å². The van der Waals surface area contributed by atoms with Gasteiger partial charge in [-0.1, -0.05) is 18.2 Å². The molecular weight excluding hydrogens is 347 g/mol. The topological polar surface area (TPSA) is 60.5 Å². The van der Waals surface area contributed by atoms with Gasteiger partial charge in [-0.2, -0.15) is 0 Å². The van der Waals surface area contributed by atoms with Crippen molar-refractivity contribution in [2.45, 2.75) is 13.0 Å². The lowest BCUT2D eigenvalue weighted by Crippen LogP contribution is -2.14. The van der Waals surface area contributed by atoms with Crippen LogP contribution in [-0.2, 0) is 17.8 Å². The van der Waals surface area contributed by atoms with Gasteiger partial charge in [0.15, 0.2) is 11.6 Å². The Bertz CT molecular complexity index is 916. The molecule has 1 heterocycles. The van der Waals surface area contributed by atoms with E-state index in [9.17, 15) is 9.18 Å². The minimum Gasteiger partial charge on any atom is -0.494 e. The number of hydrogen-bond donors (Lipinski definition) is 1. The average Bonchev–Trinajstić information content (AvgIpc) is 2.67. The summed E-state index contributed by atoms with van der Waals surface area (Å²) in [7, 11) is 1.40. The van der Waals surface area contributed by atoms with Crippen molar-refractivity contribution in [3.05, 3.63) is 83.9 Å². The third kappa shape index (κ3) is 5.28. The van der Waals surface area contributed by atoms with E-state index < -0.39 is 5.82 Å². The Labute approximate surface area is 156 Å². The highest BCUT2D eigenvalue weighted by Crippen LogP contribution is 2.20. The molecule has 138 valence electrons. The monoisotopic (exact) mass is 366 g/mol. The van der Waals surface area contributed by atoms with Crippen LogP contribution in [0.15, 0.2) is 67.0 Å². The summed E-state index contributed by atoms with van der Waals surface area (Å²) < 4.78 is 24.3. The highest BCUT2D eigenvalue weighted by atomic mass is 19.1. The van der Waals surface area contributed by atoms with Gasteiger partial charge in [0.1, 0.15) is 12.4 Å². The molecule has 0 saturated heterocycles. The first-order chi connectivity index (χ1) is 13.1. The molecule has 0 aliphatic rings. The van der Waals surface area contributed by atoms with E-state index in [1.54, 1.807) is 36.7 Å². The molecule has 1 amide bonds. The zero-order valence-corrected chi connectivity index (χ0v) is 14.8. The van der Waals surface area contributed by atoms with Crippen LogP contribution >= 0.6 is 0 Å². The molecule has 0 aliphatic heterocycles. The highest BCUT2D eigenvalue weighted by molar-refractivity contribution is 5.92.